The number of phosphoric acid groups is 2. The van der Waals surface area contributed by atoms with Crippen molar-refractivity contribution in [1.82, 2.24) is 0 Å². The SMILES string of the molecule is CC/C=C\C/C=C\C/C=C\C/C=C\C/C=C\C/C=C\CCCCCCCCCCCCCCC(=O)OCC(O)COP(=O)(O)OCC(O)COP(=O)(O)OCC(COC(=O)CCCCCCCCCCCCC/C=C\C/C=C\C/C=C\C/C=C\CCCCC)OC(=O)CCCCCCC/C=C\CCCC. The highest BCUT2D eigenvalue weighted by molar-refractivity contribution is 7.47. The van der Waals surface area contributed by atoms with Gasteiger partial charge in [-0.2, -0.15) is 0 Å². The second-order valence-corrected chi connectivity index (χ2v) is 30.4. The molecule has 0 aromatic rings. The van der Waals surface area contributed by atoms with Gasteiger partial charge in [-0.3, -0.25) is 32.5 Å². The molecule has 0 radical (unpaired) electrons. The van der Waals surface area contributed by atoms with Crippen molar-refractivity contribution in [2.24, 2.45) is 0 Å². The number of rotatable bonds is 78. The van der Waals surface area contributed by atoms with E-state index in [-0.39, 0.29) is 19.3 Å². The van der Waals surface area contributed by atoms with Crippen LogP contribution in [0.15, 0.2) is 134 Å². The third-order valence-corrected chi connectivity index (χ3v) is 19.2. The molecule has 16 nitrogen and oxygen atoms in total. The molecule has 5 atom stereocenters. The van der Waals surface area contributed by atoms with Crippen molar-refractivity contribution in [3.8, 4) is 0 Å². The van der Waals surface area contributed by atoms with Crippen LogP contribution < -0.4 is 0 Å². The standard InChI is InChI=1S/C87H150O16P2/c1-4-7-10-13-16-19-22-24-26-28-30-32-34-36-38-39-40-41-43-45-46-48-50-52-54-56-59-61-64-67-70-73-85(90)97-76-82(88)77-99-104(93,94)100-78-83(89)79-101-105(95,96)102-81-84(103-87(92)75-72-69-66-63-58-21-18-15-12-9-6-3)80-98-86(91)74-71-68-65-62-60-57-55-53-51-49-47-44-42-37-35-33-31-29-27-25-23-20-17-14-11-8-5-2/h7,10,15-20,24-27,30-33,36-38,40-42,82-84,88-89H,4-6,8-9,11-14,21-23,28-29,34-35,39,43-81H2,1-3H3,(H,93,94)(H,95,96)/b10-7-,18-15-,19-16-,20-17-,26-24-,27-25-,32-30-,33-31-,38-36-,41-40-,42-37-. The van der Waals surface area contributed by atoms with Crippen molar-refractivity contribution >= 4 is 33.6 Å². The molecule has 0 aliphatic heterocycles. The average molecular weight is 1510 g/mol. The van der Waals surface area contributed by atoms with Crippen LogP contribution in [-0.4, -0.2) is 95.9 Å². The molecule has 604 valence electrons. The molecule has 0 spiro atoms. The van der Waals surface area contributed by atoms with Gasteiger partial charge in [0.15, 0.2) is 6.10 Å². The molecule has 0 aromatic heterocycles. The summed E-state index contributed by atoms with van der Waals surface area (Å²) >= 11 is 0. The molecule has 0 rings (SSSR count). The van der Waals surface area contributed by atoms with Crippen molar-refractivity contribution in [3.05, 3.63) is 134 Å². The molecular formula is C87H150O16P2. The van der Waals surface area contributed by atoms with Crippen LogP contribution in [0.3, 0.4) is 0 Å². The fourth-order valence-corrected chi connectivity index (χ4v) is 12.6. The van der Waals surface area contributed by atoms with E-state index >= 15 is 0 Å². The first-order valence-corrected chi connectivity index (χ1v) is 44.5. The number of carbonyl (C=O) groups excluding carboxylic acids is 3. The molecule has 18 heteroatoms. The largest absolute Gasteiger partial charge is 0.472 e. The molecule has 4 N–H and O–H groups in total. The van der Waals surface area contributed by atoms with Crippen molar-refractivity contribution in [2.45, 2.75) is 360 Å². The van der Waals surface area contributed by atoms with Crippen LogP contribution in [0.5, 0.6) is 0 Å². The molecule has 0 saturated carbocycles. The lowest BCUT2D eigenvalue weighted by Gasteiger charge is -2.21. The first-order chi connectivity index (χ1) is 51.2. The summed E-state index contributed by atoms with van der Waals surface area (Å²) in [5.41, 5.74) is 0. The summed E-state index contributed by atoms with van der Waals surface area (Å²) in [5.74, 6) is -1.58. The number of carbonyl (C=O) groups is 3. The highest BCUT2D eigenvalue weighted by atomic mass is 31.2. The van der Waals surface area contributed by atoms with Crippen molar-refractivity contribution in [1.29, 1.82) is 0 Å². The van der Waals surface area contributed by atoms with Gasteiger partial charge < -0.3 is 34.2 Å². The Morgan fingerprint density at radius 2 is 0.514 bits per heavy atom. The molecule has 0 heterocycles. The van der Waals surface area contributed by atoms with Crippen LogP contribution in [0.1, 0.15) is 342 Å². The van der Waals surface area contributed by atoms with Gasteiger partial charge in [-0.05, 0) is 135 Å². The summed E-state index contributed by atoms with van der Waals surface area (Å²) in [6.45, 7) is 2.50. The van der Waals surface area contributed by atoms with Crippen LogP contribution >= 0.6 is 15.6 Å². The van der Waals surface area contributed by atoms with E-state index in [0.717, 1.165) is 154 Å². The Bertz CT molecular complexity index is 2440. The maximum Gasteiger partial charge on any atom is 0.472 e. The minimum atomic E-state index is -4.93. The molecule has 0 aliphatic rings. The molecule has 0 aromatic carbocycles. The monoisotopic (exact) mass is 1510 g/mol. The Kier molecular flexibility index (Phi) is 76.0. The molecular weight excluding hydrogens is 1360 g/mol. The van der Waals surface area contributed by atoms with Gasteiger partial charge in [0.25, 0.3) is 0 Å². The zero-order chi connectivity index (χ0) is 76.6. The zero-order valence-electron chi connectivity index (χ0n) is 66.1. The van der Waals surface area contributed by atoms with Crippen molar-refractivity contribution in [3.63, 3.8) is 0 Å². The van der Waals surface area contributed by atoms with Crippen molar-refractivity contribution < 1.29 is 75.8 Å². The van der Waals surface area contributed by atoms with E-state index in [9.17, 15) is 43.5 Å². The third kappa shape index (κ3) is 80.5. The molecule has 0 bridgehead atoms. The van der Waals surface area contributed by atoms with E-state index in [4.69, 9.17) is 32.3 Å². The van der Waals surface area contributed by atoms with Crippen LogP contribution in [0.25, 0.3) is 0 Å². The number of unbranched alkanes of at least 4 members (excludes halogenated alkanes) is 33. The van der Waals surface area contributed by atoms with Gasteiger partial charge in [0.1, 0.15) is 25.4 Å². The third-order valence-electron chi connectivity index (χ3n) is 17.3. The predicted octanol–water partition coefficient (Wildman–Crippen LogP) is 24.7. The number of allylic oxidation sites excluding steroid dienone is 22. The van der Waals surface area contributed by atoms with E-state index in [1.54, 1.807) is 0 Å². The van der Waals surface area contributed by atoms with E-state index in [0.29, 0.717) is 19.3 Å². The average Bonchev–Trinajstić information content (AvgIpc) is 0.918. The fourth-order valence-electron chi connectivity index (χ4n) is 11.0. The lowest BCUT2D eigenvalue weighted by atomic mass is 10.0. The smallest absolute Gasteiger partial charge is 0.463 e. The lowest BCUT2D eigenvalue weighted by Crippen LogP contribution is -2.30. The van der Waals surface area contributed by atoms with Gasteiger partial charge in [-0.1, -0.05) is 321 Å². The normalized spacial score (nSPS) is 14.6. The summed E-state index contributed by atoms with van der Waals surface area (Å²) in [5, 5.41) is 20.6. The summed E-state index contributed by atoms with van der Waals surface area (Å²) in [6, 6.07) is 0. The Hall–Kier alpha value is -4.31. The molecule has 0 saturated heterocycles. The second-order valence-electron chi connectivity index (χ2n) is 27.5. The molecule has 0 fully saturated rings. The maximum atomic E-state index is 12.9. The molecule has 5 unspecified atom stereocenters. The molecule has 105 heavy (non-hydrogen) atoms. The predicted molar refractivity (Wildman–Crippen MR) is 436 cm³/mol. The van der Waals surface area contributed by atoms with Crippen LogP contribution in [0.2, 0.25) is 0 Å². The van der Waals surface area contributed by atoms with Gasteiger partial charge >= 0.3 is 33.6 Å². The first kappa shape index (κ1) is 101. The number of hydrogen-bond acceptors (Lipinski definition) is 14. The van der Waals surface area contributed by atoms with Gasteiger partial charge in [-0.15, -0.1) is 0 Å². The van der Waals surface area contributed by atoms with E-state index in [1.165, 1.54) is 128 Å². The highest BCUT2D eigenvalue weighted by Crippen LogP contribution is 2.45. The van der Waals surface area contributed by atoms with Gasteiger partial charge in [-0.25, -0.2) is 9.13 Å². The van der Waals surface area contributed by atoms with Gasteiger partial charge in [0.2, 0.25) is 0 Å². The van der Waals surface area contributed by atoms with Crippen molar-refractivity contribution in [2.75, 3.05) is 39.6 Å². The number of phosphoric ester groups is 2. The number of aliphatic hydroxyl groups is 2. The summed E-state index contributed by atoms with van der Waals surface area (Å²) in [7, 11) is -9.79. The minimum Gasteiger partial charge on any atom is -0.463 e. The van der Waals surface area contributed by atoms with Crippen LogP contribution in [0.4, 0.5) is 0 Å². The van der Waals surface area contributed by atoms with Gasteiger partial charge in [0.05, 0.1) is 26.4 Å². The van der Waals surface area contributed by atoms with Gasteiger partial charge in [0, 0.05) is 19.3 Å². The molecule has 0 amide bonds. The van der Waals surface area contributed by atoms with E-state index in [1.807, 2.05) is 0 Å². The Balaban J connectivity index is 4.42. The summed E-state index contributed by atoms with van der Waals surface area (Å²) < 4.78 is 61.1. The number of esters is 3. The second kappa shape index (κ2) is 79.2. The number of ether oxygens (including phenoxy) is 3. The van der Waals surface area contributed by atoms with E-state index in [2.05, 4.69) is 154 Å². The maximum absolute atomic E-state index is 12.9. The highest BCUT2D eigenvalue weighted by Gasteiger charge is 2.29. The fraction of sp³-hybridized carbons (Fsp3) is 0.713. The van der Waals surface area contributed by atoms with E-state index < -0.39 is 91.5 Å². The Labute approximate surface area is 639 Å². The molecule has 0 aliphatic carbocycles. The summed E-state index contributed by atoms with van der Waals surface area (Å²) in [4.78, 5) is 58.6. The zero-order valence-corrected chi connectivity index (χ0v) is 67.9. The Morgan fingerprint density at radius 1 is 0.276 bits per heavy atom. The van der Waals surface area contributed by atoms with Crippen LogP contribution in [-0.2, 0) is 55.8 Å². The quantitative estimate of drug-likeness (QED) is 0.0146. The summed E-state index contributed by atoms with van der Waals surface area (Å²) in [6.07, 6.45) is 96.6. The topological polar surface area (TPSA) is 231 Å². The number of hydrogen-bond donors (Lipinski definition) is 4. The first-order valence-electron chi connectivity index (χ1n) is 41.5. The Morgan fingerprint density at radius 3 is 0.838 bits per heavy atom. The number of aliphatic hydroxyl groups excluding tert-OH is 2. The minimum absolute atomic E-state index is 0.0925. The van der Waals surface area contributed by atoms with Crippen LogP contribution in [0, 0.1) is 0 Å². The lowest BCUT2D eigenvalue weighted by molar-refractivity contribution is -0.161.